The van der Waals surface area contributed by atoms with Crippen molar-refractivity contribution in [3.8, 4) is 0 Å². The minimum atomic E-state index is -1.10. The van der Waals surface area contributed by atoms with Crippen molar-refractivity contribution >= 4 is 46.3 Å². The average molecular weight is 413 g/mol. The van der Waals surface area contributed by atoms with E-state index in [4.69, 9.17) is 28.9 Å². The van der Waals surface area contributed by atoms with Gasteiger partial charge in [-0.05, 0) is 30.7 Å². The molecule has 0 amide bonds. The molecule has 1 aliphatic rings. The lowest BCUT2D eigenvalue weighted by Crippen LogP contribution is -2.35. The van der Waals surface area contributed by atoms with Crippen LogP contribution in [-0.2, 0) is 0 Å². The fraction of sp³-hybridized carbons (Fsp3) is 0.375. The summed E-state index contributed by atoms with van der Waals surface area (Å²) in [5.41, 5.74) is 6.33. The second-order valence-electron chi connectivity index (χ2n) is 6.16. The van der Waals surface area contributed by atoms with Crippen LogP contribution in [0.3, 0.4) is 0 Å². The van der Waals surface area contributed by atoms with Gasteiger partial charge in [0.25, 0.3) is 0 Å². The third-order valence-corrected chi connectivity index (χ3v) is 4.82. The van der Waals surface area contributed by atoms with Gasteiger partial charge in [-0.1, -0.05) is 23.2 Å². The van der Waals surface area contributed by atoms with Gasteiger partial charge in [0.2, 0.25) is 5.95 Å². The van der Waals surface area contributed by atoms with Crippen molar-refractivity contribution in [2.24, 2.45) is 16.1 Å². The van der Waals surface area contributed by atoms with Gasteiger partial charge in [-0.2, -0.15) is 15.1 Å². The highest BCUT2D eigenvalue weighted by atomic mass is 35.5. The Morgan fingerprint density at radius 3 is 2.44 bits per heavy atom. The van der Waals surface area contributed by atoms with Crippen LogP contribution in [0.1, 0.15) is 6.42 Å². The molecule has 0 bridgehead atoms. The highest BCUT2D eigenvalue weighted by Crippen LogP contribution is 2.36. The van der Waals surface area contributed by atoms with Crippen LogP contribution < -0.4 is 11.1 Å². The lowest BCUT2D eigenvalue weighted by molar-refractivity contribution is 0.00446. The van der Waals surface area contributed by atoms with Gasteiger partial charge in [-0.3, -0.25) is 0 Å². The molecule has 27 heavy (non-hydrogen) atoms. The first-order chi connectivity index (χ1) is 12.9. The fourth-order valence-electron chi connectivity index (χ4n) is 2.87. The van der Waals surface area contributed by atoms with Crippen LogP contribution in [0.15, 0.2) is 34.5 Å². The Hall–Kier alpha value is -2.04. The summed E-state index contributed by atoms with van der Waals surface area (Å²) in [6, 6.07) is 6.11. The zero-order chi connectivity index (χ0) is 19.6. The molecule has 6 N–H and O–H groups in total. The van der Waals surface area contributed by atoms with E-state index >= 15 is 0 Å². The number of aromatic nitrogens is 2. The van der Waals surface area contributed by atoms with Crippen LogP contribution in [0.4, 0.5) is 23.1 Å². The number of nitrogens with zero attached hydrogens (tertiary/aromatic N) is 4. The number of hydrogen-bond donors (Lipinski definition) is 5. The standard InChI is InChI=1S/C16H18Cl2N6O3/c17-8-1-3-9(4-2-8)23-24-11-14(18)21-16(19)22-15(11)20-10-5-7(6-25)12(26)13(10)27/h1-4,7,10,12-13,25-27H,5-6H2,(H3,19,20,21,22). The minimum Gasteiger partial charge on any atom is -0.396 e. The van der Waals surface area contributed by atoms with Gasteiger partial charge >= 0.3 is 0 Å². The molecule has 0 radical (unpaired) electrons. The number of aliphatic hydroxyl groups is 3. The van der Waals surface area contributed by atoms with E-state index in [-0.39, 0.29) is 29.2 Å². The van der Waals surface area contributed by atoms with Gasteiger partial charge in [-0.25, -0.2) is 0 Å². The number of halogens is 2. The second kappa shape index (κ2) is 8.32. The third kappa shape index (κ3) is 4.45. The lowest BCUT2D eigenvalue weighted by Gasteiger charge is -2.19. The van der Waals surface area contributed by atoms with E-state index in [1.54, 1.807) is 24.3 Å². The first-order valence-electron chi connectivity index (χ1n) is 8.13. The summed E-state index contributed by atoms with van der Waals surface area (Å²) in [5.74, 6) is -0.369. The Bertz CT molecular complexity index is 836. The summed E-state index contributed by atoms with van der Waals surface area (Å²) in [5, 5.41) is 41.1. The van der Waals surface area contributed by atoms with Crippen LogP contribution >= 0.6 is 23.2 Å². The number of aliphatic hydroxyl groups excluding tert-OH is 3. The number of azo groups is 1. The Balaban J connectivity index is 1.88. The van der Waals surface area contributed by atoms with Gasteiger partial charge < -0.3 is 26.4 Å². The van der Waals surface area contributed by atoms with Crippen molar-refractivity contribution < 1.29 is 15.3 Å². The predicted molar refractivity (Wildman–Crippen MR) is 102 cm³/mol. The molecule has 3 rings (SSSR count). The number of benzene rings is 1. The van der Waals surface area contributed by atoms with E-state index in [0.717, 1.165) is 0 Å². The fourth-order valence-corrected chi connectivity index (χ4v) is 3.21. The molecule has 1 heterocycles. The molecule has 11 heteroatoms. The minimum absolute atomic E-state index is 0.0190. The molecular weight excluding hydrogens is 395 g/mol. The topological polar surface area (TPSA) is 149 Å². The summed E-state index contributed by atoms with van der Waals surface area (Å²) in [4.78, 5) is 7.94. The molecule has 1 aromatic heterocycles. The van der Waals surface area contributed by atoms with E-state index in [9.17, 15) is 15.3 Å². The molecule has 4 unspecified atom stereocenters. The van der Waals surface area contributed by atoms with Crippen LogP contribution in [0.5, 0.6) is 0 Å². The molecule has 2 aromatic rings. The molecule has 0 aliphatic heterocycles. The molecule has 1 fully saturated rings. The van der Waals surface area contributed by atoms with Gasteiger partial charge in [-0.15, -0.1) is 5.11 Å². The normalized spacial score (nSPS) is 25.2. The first-order valence-corrected chi connectivity index (χ1v) is 8.88. The summed E-state index contributed by atoms with van der Waals surface area (Å²) < 4.78 is 0. The largest absolute Gasteiger partial charge is 0.396 e. The summed E-state index contributed by atoms with van der Waals surface area (Å²) in [7, 11) is 0. The van der Waals surface area contributed by atoms with Crippen molar-refractivity contribution in [2.75, 3.05) is 17.7 Å². The average Bonchev–Trinajstić information content (AvgIpc) is 2.90. The van der Waals surface area contributed by atoms with Gasteiger partial charge in [0.05, 0.1) is 17.8 Å². The highest BCUT2D eigenvalue weighted by Gasteiger charge is 2.41. The molecule has 144 valence electrons. The van der Waals surface area contributed by atoms with Crippen molar-refractivity contribution in [1.29, 1.82) is 0 Å². The predicted octanol–water partition coefficient (Wildman–Crippen LogP) is 2.30. The first kappa shape index (κ1) is 19.7. The van der Waals surface area contributed by atoms with E-state index in [1.807, 2.05) is 0 Å². The van der Waals surface area contributed by atoms with E-state index in [2.05, 4.69) is 25.5 Å². The molecule has 4 atom stereocenters. The maximum Gasteiger partial charge on any atom is 0.223 e. The Labute approximate surface area is 164 Å². The Kier molecular flexibility index (Phi) is 6.08. The van der Waals surface area contributed by atoms with Gasteiger partial charge in [0, 0.05) is 17.5 Å². The Morgan fingerprint density at radius 2 is 1.81 bits per heavy atom. The van der Waals surface area contributed by atoms with Crippen LogP contribution in [0.2, 0.25) is 10.2 Å². The lowest BCUT2D eigenvalue weighted by atomic mass is 10.1. The number of rotatable bonds is 5. The van der Waals surface area contributed by atoms with Crippen LogP contribution in [-0.4, -0.2) is 50.1 Å². The molecule has 1 aromatic carbocycles. The van der Waals surface area contributed by atoms with Crippen LogP contribution in [0, 0.1) is 5.92 Å². The molecular formula is C16H18Cl2N6O3. The molecule has 0 spiro atoms. The third-order valence-electron chi connectivity index (χ3n) is 4.31. The number of anilines is 2. The summed E-state index contributed by atoms with van der Waals surface area (Å²) in [6.45, 7) is -0.244. The monoisotopic (exact) mass is 412 g/mol. The number of nitrogens with one attached hydrogen (secondary N) is 1. The highest BCUT2D eigenvalue weighted by molar-refractivity contribution is 6.32. The molecule has 1 saturated carbocycles. The van der Waals surface area contributed by atoms with E-state index in [1.165, 1.54) is 0 Å². The van der Waals surface area contributed by atoms with Crippen molar-refractivity contribution in [3.05, 3.63) is 34.4 Å². The maximum absolute atomic E-state index is 10.2. The number of nitrogen functional groups attached to an aromatic ring is 1. The van der Waals surface area contributed by atoms with Crippen molar-refractivity contribution in [1.82, 2.24) is 9.97 Å². The molecule has 9 nitrogen and oxygen atoms in total. The summed E-state index contributed by atoms with van der Waals surface area (Å²) in [6.07, 6.45) is -1.83. The van der Waals surface area contributed by atoms with E-state index < -0.39 is 24.2 Å². The van der Waals surface area contributed by atoms with Crippen molar-refractivity contribution in [2.45, 2.75) is 24.7 Å². The second-order valence-corrected chi connectivity index (χ2v) is 6.95. The molecule has 1 aliphatic carbocycles. The number of nitrogens with two attached hydrogens (primary N) is 1. The SMILES string of the molecule is Nc1nc(Cl)c(N=Nc2ccc(Cl)cc2)c(NC2CC(CO)C(O)C2O)n1. The van der Waals surface area contributed by atoms with Gasteiger partial charge in [0.1, 0.15) is 6.10 Å². The zero-order valence-corrected chi connectivity index (χ0v) is 15.5. The van der Waals surface area contributed by atoms with Crippen molar-refractivity contribution in [3.63, 3.8) is 0 Å². The van der Waals surface area contributed by atoms with Crippen LogP contribution in [0.25, 0.3) is 0 Å². The quantitative estimate of drug-likeness (QED) is 0.373. The molecule has 0 saturated heterocycles. The Morgan fingerprint density at radius 1 is 1.11 bits per heavy atom. The maximum atomic E-state index is 10.2. The van der Waals surface area contributed by atoms with Gasteiger partial charge in [0.15, 0.2) is 16.7 Å². The zero-order valence-electron chi connectivity index (χ0n) is 14.0. The summed E-state index contributed by atoms with van der Waals surface area (Å²) >= 11 is 12.0. The van der Waals surface area contributed by atoms with E-state index in [0.29, 0.717) is 17.1 Å². The smallest absolute Gasteiger partial charge is 0.223 e. The number of hydrogen-bond acceptors (Lipinski definition) is 9.